The molecule has 2 aromatic rings. The van der Waals surface area contributed by atoms with E-state index in [0.29, 0.717) is 16.5 Å². The summed E-state index contributed by atoms with van der Waals surface area (Å²) in [5.74, 6) is -2.88. The first-order valence-electron chi connectivity index (χ1n) is 9.28. The summed E-state index contributed by atoms with van der Waals surface area (Å²) in [4.78, 5) is 18.3. The zero-order valence-corrected chi connectivity index (χ0v) is 15.8. The van der Waals surface area contributed by atoms with E-state index < -0.39 is 5.92 Å². The average molecular weight is 360 g/mol. The lowest BCUT2D eigenvalue weighted by molar-refractivity contribution is 0.0176. The number of fused-ring (bicyclic) bond motifs is 3. The number of alkyl halides is 2. The van der Waals surface area contributed by atoms with Crippen molar-refractivity contribution in [1.29, 1.82) is 0 Å². The van der Waals surface area contributed by atoms with Crippen molar-refractivity contribution >= 4 is 16.8 Å². The van der Waals surface area contributed by atoms with Gasteiger partial charge in [0.25, 0.3) is 11.8 Å². The van der Waals surface area contributed by atoms with E-state index >= 15 is 0 Å². The molecule has 2 aliphatic rings. The summed E-state index contributed by atoms with van der Waals surface area (Å²) in [6.07, 6.45) is 4.86. The number of aromatic amines is 1. The Bertz CT molecular complexity index is 880. The van der Waals surface area contributed by atoms with Gasteiger partial charge >= 0.3 is 0 Å². The molecule has 1 N–H and O–H groups in total. The molecule has 1 amide bonds. The normalized spacial score (nSPS) is 27.9. The fourth-order valence-corrected chi connectivity index (χ4v) is 5.43. The van der Waals surface area contributed by atoms with Crippen LogP contribution >= 0.6 is 0 Å². The third-order valence-electron chi connectivity index (χ3n) is 6.09. The van der Waals surface area contributed by atoms with Gasteiger partial charge in [-0.05, 0) is 36.2 Å². The summed E-state index contributed by atoms with van der Waals surface area (Å²) in [5, 5.41) is 0.717. The summed E-state index contributed by atoms with van der Waals surface area (Å²) in [5.41, 5.74) is 1.54. The fraction of sp³-hybridized carbons (Fsp3) is 0.571. The molecule has 1 aromatic carbocycles. The molecular weight excluding hydrogens is 334 g/mol. The van der Waals surface area contributed by atoms with Crippen LogP contribution in [0.3, 0.4) is 0 Å². The van der Waals surface area contributed by atoms with Gasteiger partial charge in [-0.25, -0.2) is 8.78 Å². The van der Waals surface area contributed by atoms with Crippen molar-refractivity contribution in [2.75, 3.05) is 6.54 Å². The molecule has 26 heavy (non-hydrogen) atoms. The van der Waals surface area contributed by atoms with Crippen LogP contribution in [0.25, 0.3) is 10.9 Å². The van der Waals surface area contributed by atoms with Crippen molar-refractivity contribution in [3.63, 3.8) is 0 Å². The van der Waals surface area contributed by atoms with Crippen LogP contribution in [0.5, 0.6) is 0 Å². The Balaban J connectivity index is 1.67. The van der Waals surface area contributed by atoms with E-state index in [1.807, 2.05) is 4.90 Å². The van der Waals surface area contributed by atoms with Crippen LogP contribution in [0.15, 0.2) is 24.4 Å². The first-order chi connectivity index (χ1) is 12.0. The highest BCUT2D eigenvalue weighted by atomic mass is 19.3. The minimum atomic E-state index is -2.89. The molecule has 3 nitrogen and oxygen atoms in total. The molecule has 0 radical (unpaired) electrons. The first kappa shape index (κ1) is 17.5. The van der Waals surface area contributed by atoms with Crippen LogP contribution in [0.1, 0.15) is 62.9 Å². The number of benzene rings is 1. The quantitative estimate of drug-likeness (QED) is 0.773. The van der Waals surface area contributed by atoms with E-state index in [-0.39, 0.29) is 28.3 Å². The smallest absolute Gasteiger partial charge is 0.270 e. The first-order valence-corrected chi connectivity index (χ1v) is 9.28. The Kier molecular flexibility index (Phi) is 3.57. The second-order valence-electron chi connectivity index (χ2n) is 9.50. The summed E-state index contributed by atoms with van der Waals surface area (Å²) in [6, 6.07) is 4.76. The maximum atomic E-state index is 13.6. The monoisotopic (exact) mass is 360 g/mol. The molecule has 2 fully saturated rings. The van der Waals surface area contributed by atoms with Gasteiger partial charge in [0.15, 0.2) is 0 Å². The Hall–Kier alpha value is -1.91. The Morgan fingerprint density at radius 2 is 2.00 bits per heavy atom. The van der Waals surface area contributed by atoms with Gasteiger partial charge in [-0.1, -0.05) is 32.9 Å². The van der Waals surface area contributed by atoms with Crippen LogP contribution in [0.2, 0.25) is 0 Å². The van der Waals surface area contributed by atoms with Gasteiger partial charge in [0.2, 0.25) is 0 Å². The second-order valence-corrected chi connectivity index (χ2v) is 9.50. The summed E-state index contributed by atoms with van der Waals surface area (Å²) >= 11 is 0. The predicted molar refractivity (Wildman–Crippen MR) is 98.4 cm³/mol. The molecule has 2 heterocycles. The van der Waals surface area contributed by atoms with Gasteiger partial charge in [-0.15, -0.1) is 0 Å². The molecule has 1 aliphatic carbocycles. The van der Waals surface area contributed by atoms with E-state index in [1.54, 1.807) is 12.3 Å². The average Bonchev–Trinajstić information content (AvgIpc) is 3.02. The zero-order chi connectivity index (χ0) is 18.9. The molecule has 2 atom stereocenters. The molecule has 1 aromatic heterocycles. The van der Waals surface area contributed by atoms with E-state index in [2.05, 4.69) is 25.8 Å². The van der Waals surface area contributed by atoms with Crippen LogP contribution in [0, 0.1) is 10.8 Å². The molecule has 0 spiro atoms. The summed E-state index contributed by atoms with van der Waals surface area (Å²) in [7, 11) is 0. The maximum absolute atomic E-state index is 13.6. The molecule has 5 heteroatoms. The number of carbonyl (C=O) groups is 1. The fourth-order valence-electron chi connectivity index (χ4n) is 5.43. The van der Waals surface area contributed by atoms with Crippen molar-refractivity contribution in [2.24, 2.45) is 10.8 Å². The molecular formula is C21H26F2N2O. The Morgan fingerprint density at radius 1 is 1.27 bits per heavy atom. The lowest BCUT2D eigenvalue weighted by Crippen LogP contribution is -2.37. The van der Waals surface area contributed by atoms with Crippen LogP contribution in [-0.4, -0.2) is 28.4 Å². The van der Waals surface area contributed by atoms with Crippen molar-refractivity contribution < 1.29 is 13.6 Å². The molecule has 140 valence electrons. The topological polar surface area (TPSA) is 36.1 Å². The number of rotatable bonds is 2. The van der Waals surface area contributed by atoms with Crippen LogP contribution in [0.4, 0.5) is 8.78 Å². The number of nitrogens with zero attached hydrogens (tertiary/aromatic N) is 1. The molecule has 2 bridgehead atoms. The third kappa shape index (κ3) is 2.81. The predicted octanol–water partition coefficient (Wildman–Crippen LogP) is 5.32. The largest absolute Gasteiger partial charge is 0.360 e. The Labute approximate surface area is 152 Å². The lowest BCUT2D eigenvalue weighted by atomic mass is 9.65. The number of amides is 1. The van der Waals surface area contributed by atoms with Gasteiger partial charge in [0.1, 0.15) is 0 Å². The van der Waals surface area contributed by atoms with Crippen molar-refractivity contribution in [3.8, 4) is 0 Å². The van der Waals surface area contributed by atoms with Gasteiger partial charge in [-0.2, -0.15) is 0 Å². The molecule has 1 saturated heterocycles. The van der Waals surface area contributed by atoms with E-state index in [4.69, 9.17) is 0 Å². The van der Waals surface area contributed by atoms with Crippen LogP contribution in [-0.2, 0) is 5.92 Å². The summed E-state index contributed by atoms with van der Waals surface area (Å²) < 4.78 is 27.1. The van der Waals surface area contributed by atoms with E-state index in [9.17, 15) is 13.6 Å². The highest BCUT2D eigenvalue weighted by molar-refractivity contribution is 6.07. The molecule has 2 unspecified atom stereocenters. The molecule has 4 rings (SSSR count). The van der Waals surface area contributed by atoms with Crippen molar-refractivity contribution in [1.82, 2.24) is 9.88 Å². The number of halogens is 2. The number of hydrogen-bond donors (Lipinski definition) is 1. The van der Waals surface area contributed by atoms with Crippen molar-refractivity contribution in [3.05, 3.63) is 35.5 Å². The third-order valence-corrected chi connectivity index (χ3v) is 6.09. The highest BCUT2D eigenvalue weighted by Gasteiger charge is 2.51. The van der Waals surface area contributed by atoms with Gasteiger partial charge in [0.05, 0.1) is 5.56 Å². The molecule has 1 saturated carbocycles. The second kappa shape index (κ2) is 5.30. The maximum Gasteiger partial charge on any atom is 0.270 e. The van der Waals surface area contributed by atoms with Gasteiger partial charge in [-0.3, -0.25) is 4.79 Å². The minimum Gasteiger partial charge on any atom is -0.360 e. The summed E-state index contributed by atoms with van der Waals surface area (Å²) in [6.45, 7) is 8.50. The number of hydrogen-bond acceptors (Lipinski definition) is 1. The highest BCUT2D eigenvalue weighted by Crippen LogP contribution is 2.52. The minimum absolute atomic E-state index is 0.0127. The number of nitrogens with one attached hydrogen (secondary N) is 1. The van der Waals surface area contributed by atoms with E-state index in [1.165, 1.54) is 12.1 Å². The number of likely N-dealkylation sites (tertiary alicyclic amines) is 1. The van der Waals surface area contributed by atoms with Gasteiger partial charge in [0, 0.05) is 42.2 Å². The number of carbonyl (C=O) groups excluding carboxylic acids is 1. The lowest BCUT2D eigenvalue weighted by Gasteiger charge is -2.39. The SMILES string of the molecule is CC1(C)CC2CC(C)(CN2C(=O)c2c[nH]c3cc(C(C)(F)F)ccc23)C1. The standard InChI is InChI=1S/C21H26F2N2O/c1-19(2)8-14-9-20(3,11-19)12-25(14)18(26)16-10-24-17-7-13(21(4,22)23)5-6-15(16)17/h5-7,10,14,24H,8-9,11-12H2,1-4H3. The number of H-pyrrole nitrogens is 1. The van der Waals surface area contributed by atoms with Crippen molar-refractivity contribution in [2.45, 2.75) is 58.9 Å². The van der Waals surface area contributed by atoms with Crippen LogP contribution < -0.4 is 0 Å². The van der Waals surface area contributed by atoms with E-state index in [0.717, 1.165) is 32.7 Å². The Morgan fingerprint density at radius 3 is 2.69 bits per heavy atom. The van der Waals surface area contributed by atoms with Gasteiger partial charge < -0.3 is 9.88 Å². The number of aromatic nitrogens is 1. The molecule has 1 aliphatic heterocycles. The zero-order valence-electron chi connectivity index (χ0n) is 15.8.